The van der Waals surface area contributed by atoms with E-state index in [1.54, 1.807) is 6.92 Å². The first kappa shape index (κ1) is 11.1. The standard InChI is InChI=1S/C12H16N2OSi/c1-9-13-14-12(15-9)10-5-7-11(8-6-10)16(2,3)4/h5-8H,1-4H3. The molecule has 0 atom stereocenters. The Morgan fingerprint density at radius 3 is 2.06 bits per heavy atom. The van der Waals surface area contributed by atoms with Crippen LogP contribution < -0.4 is 5.19 Å². The van der Waals surface area contributed by atoms with Gasteiger partial charge in [0.05, 0.1) is 8.07 Å². The lowest BCUT2D eigenvalue weighted by Gasteiger charge is -2.16. The molecule has 0 N–H and O–H groups in total. The highest BCUT2D eigenvalue weighted by atomic mass is 28.3. The van der Waals surface area contributed by atoms with E-state index in [9.17, 15) is 0 Å². The largest absolute Gasteiger partial charge is 0.421 e. The number of aromatic nitrogens is 2. The first-order valence-electron chi connectivity index (χ1n) is 5.38. The number of hydrogen-bond donors (Lipinski definition) is 0. The Morgan fingerprint density at radius 1 is 1.00 bits per heavy atom. The van der Waals surface area contributed by atoms with Crippen molar-refractivity contribution >= 4 is 13.3 Å². The Balaban J connectivity index is 2.33. The Bertz CT molecular complexity index is 482. The Hall–Kier alpha value is -1.42. The molecule has 0 radical (unpaired) electrons. The molecule has 0 aliphatic heterocycles. The average molecular weight is 232 g/mol. The van der Waals surface area contributed by atoms with Gasteiger partial charge in [0, 0.05) is 12.5 Å². The van der Waals surface area contributed by atoms with Crippen molar-refractivity contribution in [2.75, 3.05) is 0 Å². The van der Waals surface area contributed by atoms with Crippen molar-refractivity contribution in [3.8, 4) is 11.5 Å². The fourth-order valence-corrected chi connectivity index (χ4v) is 2.69. The van der Waals surface area contributed by atoms with Crippen LogP contribution in [0, 0.1) is 6.92 Å². The maximum Gasteiger partial charge on any atom is 0.247 e. The van der Waals surface area contributed by atoms with Crippen LogP contribution in [0.5, 0.6) is 0 Å². The predicted molar refractivity (Wildman–Crippen MR) is 67.5 cm³/mol. The summed E-state index contributed by atoms with van der Waals surface area (Å²) in [7, 11) is -1.22. The Labute approximate surface area is 96.5 Å². The van der Waals surface area contributed by atoms with Crippen molar-refractivity contribution < 1.29 is 4.42 Å². The molecule has 0 unspecified atom stereocenters. The Kier molecular flexibility index (Phi) is 2.67. The molecule has 0 bridgehead atoms. The zero-order valence-corrected chi connectivity index (χ0v) is 11.1. The van der Waals surface area contributed by atoms with E-state index in [1.807, 2.05) is 0 Å². The molecule has 0 aliphatic rings. The van der Waals surface area contributed by atoms with Gasteiger partial charge in [-0.15, -0.1) is 10.2 Å². The highest BCUT2D eigenvalue weighted by Crippen LogP contribution is 2.16. The van der Waals surface area contributed by atoms with Gasteiger partial charge in [0.2, 0.25) is 11.8 Å². The minimum atomic E-state index is -1.22. The lowest BCUT2D eigenvalue weighted by atomic mass is 10.2. The minimum Gasteiger partial charge on any atom is -0.421 e. The summed E-state index contributed by atoms with van der Waals surface area (Å²) in [4.78, 5) is 0. The maximum absolute atomic E-state index is 5.38. The van der Waals surface area contributed by atoms with E-state index in [4.69, 9.17) is 4.42 Å². The summed E-state index contributed by atoms with van der Waals surface area (Å²) in [6, 6.07) is 8.45. The van der Waals surface area contributed by atoms with Crippen molar-refractivity contribution in [1.82, 2.24) is 10.2 Å². The zero-order chi connectivity index (χ0) is 11.8. The summed E-state index contributed by atoms with van der Waals surface area (Å²) in [5.74, 6) is 1.20. The van der Waals surface area contributed by atoms with E-state index >= 15 is 0 Å². The van der Waals surface area contributed by atoms with Crippen LogP contribution in [0.4, 0.5) is 0 Å². The van der Waals surface area contributed by atoms with Crippen molar-refractivity contribution in [3.63, 3.8) is 0 Å². The SMILES string of the molecule is Cc1nnc(-c2ccc([Si](C)(C)C)cc2)o1. The first-order valence-corrected chi connectivity index (χ1v) is 8.88. The number of aryl methyl sites for hydroxylation is 1. The van der Waals surface area contributed by atoms with Crippen LogP contribution in [-0.4, -0.2) is 18.3 Å². The van der Waals surface area contributed by atoms with Gasteiger partial charge in [-0.25, -0.2) is 0 Å². The number of hydrogen-bond acceptors (Lipinski definition) is 3. The van der Waals surface area contributed by atoms with Crippen molar-refractivity contribution in [2.24, 2.45) is 0 Å². The van der Waals surface area contributed by atoms with Crippen LogP contribution in [0.15, 0.2) is 28.7 Å². The van der Waals surface area contributed by atoms with E-state index < -0.39 is 8.07 Å². The van der Waals surface area contributed by atoms with E-state index in [1.165, 1.54) is 5.19 Å². The minimum absolute atomic E-state index is 0.597. The van der Waals surface area contributed by atoms with E-state index in [2.05, 4.69) is 54.1 Å². The molecule has 1 heterocycles. The van der Waals surface area contributed by atoms with Crippen LogP contribution in [0.2, 0.25) is 19.6 Å². The molecule has 3 nitrogen and oxygen atoms in total. The van der Waals surface area contributed by atoms with Crippen LogP contribution in [0.25, 0.3) is 11.5 Å². The maximum atomic E-state index is 5.38. The normalized spacial score (nSPS) is 11.8. The fraction of sp³-hybridized carbons (Fsp3) is 0.333. The van der Waals surface area contributed by atoms with Gasteiger partial charge in [0.25, 0.3) is 0 Å². The summed E-state index contributed by atoms with van der Waals surface area (Å²) < 4.78 is 5.38. The third-order valence-corrected chi connectivity index (χ3v) is 4.59. The van der Waals surface area contributed by atoms with Crippen molar-refractivity contribution in [1.29, 1.82) is 0 Å². The van der Waals surface area contributed by atoms with Gasteiger partial charge in [-0.05, 0) is 12.1 Å². The van der Waals surface area contributed by atoms with Crippen LogP contribution in [-0.2, 0) is 0 Å². The molecule has 16 heavy (non-hydrogen) atoms. The summed E-state index contributed by atoms with van der Waals surface area (Å²) in [6.45, 7) is 8.80. The highest BCUT2D eigenvalue weighted by Gasteiger charge is 2.16. The van der Waals surface area contributed by atoms with Gasteiger partial charge in [0.15, 0.2) is 0 Å². The molecule has 0 spiro atoms. The monoisotopic (exact) mass is 232 g/mol. The third kappa shape index (κ3) is 2.22. The lowest BCUT2D eigenvalue weighted by molar-refractivity contribution is 0.533. The van der Waals surface area contributed by atoms with Gasteiger partial charge in [-0.2, -0.15) is 0 Å². The van der Waals surface area contributed by atoms with Crippen molar-refractivity contribution in [3.05, 3.63) is 30.2 Å². The summed E-state index contributed by atoms with van der Waals surface area (Å²) in [5, 5.41) is 9.27. The quantitative estimate of drug-likeness (QED) is 0.747. The molecular weight excluding hydrogens is 216 g/mol. The van der Waals surface area contributed by atoms with E-state index in [0.29, 0.717) is 11.8 Å². The summed E-state index contributed by atoms with van der Waals surface area (Å²) >= 11 is 0. The molecule has 1 aromatic heterocycles. The second kappa shape index (κ2) is 3.86. The molecule has 0 aliphatic carbocycles. The topological polar surface area (TPSA) is 38.9 Å². The Morgan fingerprint density at radius 2 is 1.62 bits per heavy atom. The first-order chi connectivity index (χ1) is 7.47. The zero-order valence-electron chi connectivity index (χ0n) is 10.1. The second-order valence-electron chi connectivity index (χ2n) is 4.95. The van der Waals surface area contributed by atoms with Crippen LogP contribution >= 0.6 is 0 Å². The van der Waals surface area contributed by atoms with Gasteiger partial charge in [0.1, 0.15) is 0 Å². The molecule has 4 heteroatoms. The predicted octanol–water partition coefficient (Wildman–Crippen LogP) is 2.59. The van der Waals surface area contributed by atoms with E-state index in [0.717, 1.165) is 5.56 Å². The van der Waals surface area contributed by atoms with Gasteiger partial charge in [-0.3, -0.25) is 0 Å². The van der Waals surface area contributed by atoms with Crippen LogP contribution in [0.3, 0.4) is 0 Å². The molecule has 0 amide bonds. The van der Waals surface area contributed by atoms with Crippen LogP contribution in [0.1, 0.15) is 5.89 Å². The number of rotatable bonds is 2. The molecule has 84 valence electrons. The molecule has 2 aromatic rings. The fourth-order valence-electron chi connectivity index (χ4n) is 1.53. The molecule has 0 saturated carbocycles. The summed E-state index contributed by atoms with van der Waals surface area (Å²) in [5.41, 5.74) is 0.989. The molecular formula is C12H16N2OSi. The van der Waals surface area contributed by atoms with Gasteiger partial charge in [-0.1, -0.05) is 37.0 Å². The average Bonchev–Trinajstić information content (AvgIpc) is 2.64. The smallest absolute Gasteiger partial charge is 0.247 e. The molecule has 2 rings (SSSR count). The number of nitrogens with zero attached hydrogens (tertiary/aromatic N) is 2. The van der Waals surface area contributed by atoms with E-state index in [-0.39, 0.29) is 0 Å². The third-order valence-electron chi connectivity index (χ3n) is 2.52. The van der Waals surface area contributed by atoms with Gasteiger partial charge < -0.3 is 4.42 Å². The summed E-state index contributed by atoms with van der Waals surface area (Å²) in [6.07, 6.45) is 0. The highest BCUT2D eigenvalue weighted by molar-refractivity contribution is 6.88. The molecule has 0 fully saturated rings. The van der Waals surface area contributed by atoms with Crippen molar-refractivity contribution in [2.45, 2.75) is 26.6 Å². The second-order valence-corrected chi connectivity index (χ2v) is 10.0. The number of benzene rings is 1. The molecule has 1 aromatic carbocycles. The van der Waals surface area contributed by atoms with Gasteiger partial charge >= 0.3 is 0 Å². The lowest BCUT2D eigenvalue weighted by Crippen LogP contribution is -2.37. The molecule has 0 saturated heterocycles.